The van der Waals surface area contributed by atoms with E-state index < -0.39 is 0 Å². The number of carbonyl (C=O) groups excluding carboxylic acids is 1. The largest absolute Gasteiger partial charge is 0.373 e. The van der Waals surface area contributed by atoms with Crippen molar-refractivity contribution in [3.63, 3.8) is 0 Å². The minimum Gasteiger partial charge on any atom is -0.373 e. The smallest absolute Gasteiger partial charge is 0.129 e. The molecule has 2 fully saturated rings. The number of benzene rings is 2. The average molecular weight is 434 g/mol. The Hall–Kier alpha value is -1.97. The van der Waals surface area contributed by atoms with Gasteiger partial charge in [-0.25, -0.2) is 0 Å². The van der Waals surface area contributed by atoms with E-state index in [2.05, 4.69) is 60.8 Å². The highest BCUT2D eigenvalue weighted by Gasteiger charge is 2.40. The molecule has 1 N–H and O–H groups in total. The third-order valence-corrected chi connectivity index (χ3v) is 7.72. The lowest BCUT2D eigenvalue weighted by Crippen LogP contribution is -2.48. The molecule has 0 spiro atoms. The lowest BCUT2D eigenvalue weighted by molar-refractivity contribution is -0.117. The molecule has 0 bridgehead atoms. The summed E-state index contributed by atoms with van der Waals surface area (Å²) >= 11 is 0. The Morgan fingerprint density at radius 1 is 0.969 bits per heavy atom. The van der Waals surface area contributed by atoms with Gasteiger partial charge in [0.15, 0.2) is 0 Å². The molecule has 32 heavy (non-hydrogen) atoms. The number of ketones is 1. The quantitative estimate of drug-likeness (QED) is 0.460. The Kier molecular flexibility index (Phi) is 8.15. The van der Waals surface area contributed by atoms with E-state index in [-0.39, 0.29) is 0 Å². The Labute approximate surface area is 194 Å². The third kappa shape index (κ3) is 5.68. The van der Waals surface area contributed by atoms with Gasteiger partial charge in [0, 0.05) is 12.5 Å². The SMILES string of the molecule is CC(=O)CCCNC1CCCC2C(OCc3cccc(-c4ccccc4)c3C)CCCC12. The van der Waals surface area contributed by atoms with Crippen molar-refractivity contribution in [3.8, 4) is 11.1 Å². The molecule has 2 aliphatic rings. The van der Waals surface area contributed by atoms with Crippen molar-refractivity contribution in [2.24, 2.45) is 11.8 Å². The summed E-state index contributed by atoms with van der Waals surface area (Å²) < 4.78 is 6.64. The molecule has 0 aliphatic heterocycles. The minimum atomic E-state index is 0.297. The average Bonchev–Trinajstić information content (AvgIpc) is 2.81. The molecule has 3 heteroatoms. The van der Waals surface area contributed by atoms with E-state index in [1.54, 1.807) is 6.92 Å². The van der Waals surface area contributed by atoms with Crippen LogP contribution in [0.25, 0.3) is 11.1 Å². The highest BCUT2D eigenvalue weighted by molar-refractivity contribution is 5.75. The summed E-state index contributed by atoms with van der Waals surface area (Å²) in [7, 11) is 0. The fraction of sp³-hybridized carbons (Fsp3) is 0.552. The summed E-state index contributed by atoms with van der Waals surface area (Å²) in [6, 6.07) is 17.8. The first-order chi connectivity index (χ1) is 15.6. The summed E-state index contributed by atoms with van der Waals surface area (Å²) in [5.41, 5.74) is 5.22. The predicted octanol–water partition coefficient (Wildman–Crippen LogP) is 6.47. The van der Waals surface area contributed by atoms with Crippen LogP contribution in [0.4, 0.5) is 0 Å². The second-order valence-corrected chi connectivity index (χ2v) is 9.86. The lowest BCUT2D eigenvalue weighted by Gasteiger charge is -2.45. The van der Waals surface area contributed by atoms with Crippen LogP contribution in [0, 0.1) is 18.8 Å². The highest BCUT2D eigenvalue weighted by Crippen LogP contribution is 2.42. The maximum atomic E-state index is 11.2. The van der Waals surface area contributed by atoms with Crippen LogP contribution in [0.2, 0.25) is 0 Å². The number of rotatable bonds is 9. The van der Waals surface area contributed by atoms with E-state index in [0.717, 1.165) is 18.9 Å². The van der Waals surface area contributed by atoms with Crippen LogP contribution in [-0.4, -0.2) is 24.5 Å². The van der Waals surface area contributed by atoms with Crippen molar-refractivity contribution in [3.05, 3.63) is 59.7 Å². The van der Waals surface area contributed by atoms with E-state index in [9.17, 15) is 4.79 Å². The van der Waals surface area contributed by atoms with Crippen LogP contribution in [0.15, 0.2) is 48.5 Å². The van der Waals surface area contributed by atoms with Crippen molar-refractivity contribution >= 4 is 5.78 Å². The molecule has 0 radical (unpaired) electrons. The van der Waals surface area contributed by atoms with Crippen molar-refractivity contribution < 1.29 is 9.53 Å². The summed E-state index contributed by atoms with van der Waals surface area (Å²) in [6.45, 7) is 5.59. The van der Waals surface area contributed by atoms with E-state index in [4.69, 9.17) is 4.74 Å². The van der Waals surface area contributed by atoms with E-state index in [0.29, 0.717) is 36.9 Å². The molecule has 4 unspecified atom stereocenters. The summed E-state index contributed by atoms with van der Waals surface area (Å²) in [6.07, 6.45) is 9.65. The maximum absolute atomic E-state index is 11.2. The molecule has 2 aromatic rings. The first-order valence-electron chi connectivity index (χ1n) is 12.6. The van der Waals surface area contributed by atoms with Gasteiger partial charge in [-0.15, -0.1) is 0 Å². The summed E-state index contributed by atoms with van der Waals surface area (Å²) in [5.74, 6) is 1.68. The number of carbonyl (C=O) groups is 1. The van der Waals surface area contributed by atoms with Crippen LogP contribution >= 0.6 is 0 Å². The van der Waals surface area contributed by atoms with Crippen molar-refractivity contribution in [1.82, 2.24) is 5.32 Å². The van der Waals surface area contributed by atoms with Crippen molar-refractivity contribution in [2.75, 3.05) is 6.54 Å². The molecule has 4 atom stereocenters. The van der Waals surface area contributed by atoms with Gasteiger partial charge in [0.2, 0.25) is 0 Å². The van der Waals surface area contributed by atoms with Gasteiger partial charge in [0.25, 0.3) is 0 Å². The summed E-state index contributed by atoms with van der Waals surface area (Å²) in [4.78, 5) is 11.2. The minimum absolute atomic E-state index is 0.297. The second-order valence-electron chi connectivity index (χ2n) is 9.86. The van der Waals surface area contributed by atoms with E-state index >= 15 is 0 Å². The Balaban J connectivity index is 1.37. The van der Waals surface area contributed by atoms with Crippen LogP contribution in [0.1, 0.15) is 69.4 Å². The Morgan fingerprint density at radius 3 is 2.56 bits per heavy atom. The lowest BCUT2D eigenvalue weighted by atomic mass is 9.67. The zero-order valence-electron chi connectivity index (χ0n) is 19.8. The molecule has 0 aromatic heterocycles. The molecule has 2 saturated carbocycles. The number of Topliss-reactive ketones (excluding diaryl/α,β-unsaturated/α-hetero) is 1. The number of fused-ring (bicyclic) bond motifs is 1. The fourth-order valence-corrected chi connectivity index (χ4v) is 6.00. The molecular formula is C29H39NO2. The van der Waals surface area contributed by atoms with Gasteiger partial charge in [0.05, 0.1) is 12.7 Å². The third-order valence-electron chi connectivity index (χ3n) is 7.72. The Bertz CT molecular complexity index is 878. The van der Waals surface area contributed by atoms with Gasteiger partial charge in [-0.3, -0.25) is 0 Å². The van der Waals surface area contributed by atoms with Crippen LogP contribution in [0.5, 0.6) is 0 Å². The molecule has 2 aromatic carbocycles. The molecule has 0 saturated heterocycles. The van der Waals surface area contributed by atoms with Gasteiger partial charge < -0.3 is 14.8 Å². The molecule has 0 amide bonds. The number of hydrogen-bond donors (Lipinski definition) is 1. The number of nitrogens with one attached hydrogen (secondary N) is 1. The zero-order valence-corrected chi connectivity index (χ0v) is 19.8. The monoisotopic (exact) mass is 433 g/mol. The predicted molar refractivity (Wildman–Crippen MR) is 132 cm³/mol. The second kappa shape index (κ2) is 11.2. The highest BCUT2D eigenvalue weighted by atomic mass is 16.5. The molecule has 0 heterocycles. The summed E-state index contributed by atoms with van der Waals surface area (Å²) in [5, 5.41) is 3.80. The van der Waals surface area contributed by atoms with E-state index in [1.165, 1.54) is 60.8 Å². The molecule has 2 aliphatic carbocycles. The number of hydrogen-bond acceptors (Lipinski definition) is 3. The van der Waals surface area contributed by atoms with Crippen LogP contribution in [-0.2, 0) is 16.1 Å². The van der Waals surface area contributed by atoms with E-state index in [1.807, 2.05) is 0 Å². The van der Waals surface area contributed by atoms with Crippen LogP contribution in [0.3, 0.4) is 0 Å². The Morgan fingerprint density at radius 2 is 1.75 bits per heavy atom. The molecule has 3 nitrogen and oxygen atoms in total. The van der Waals surface area contributed by atoms with Gasteiger partial charge >= 0.3 is 0 Å². The van der Waals surface area contributed by atoms with Crippen molar-refractivity contribution in [2.45, 2.75) is 84.0 Å². The van der Waals surface area contributed by atoms with Gasteiger partial charge in [-0.05, 0) is 86.6 Å². The van der Waals surface area contributed by atoms with Crippen molar-refractivity contribution in [1.29, 1.82) is 0 Å². The fourth-order valence-electron chi connectivity index (χ4n) is 6.00. The maximum Gasteiger partial charge on any atom is 0.129 e. The topological polar surface area (TPSA) is 38.3 Å². The normalized spacial score (nSPS) is 25.3. The number of ether oxygens (including phenoxy) is 1. The van der Waals surface area contributed by atoms with Gasteiger partial charge in [-0.2, -0.15) is 0 Å². The van der Waals surface area contributed by atoms with Gasteiger partial charge in [-0.1, -0.05) is 61.4 Å². The standard InChI is InChI=1S/C29H39NO2/c1-21(31)10-9-19-30-28-17-7-16-27-26(28)15-8-18-29(27)32-20-24-13-6-14-25(22(24)2)23-11-4-3-5-12-23/h3-6,11-14,26-30H,7-10,15-20H2,1-2H3. The molecular weight excluding hydrogens is 394 g/mol. The molecule has 4 rings (SSSR count). The van der Waals surface area contributed by atoms with Crippen LogP contribution < -0.4 is 5.32 Å². The first kappa shape index (κ1) is 23.2. The molecule has 172 valence electrons. The first-order valence-corrected chi connectivity index (χ1v) is 12.6. The zero-order chi connectivity index (χ0) is 22.3. The van der Waals surface area contributed by atoms with Gasteiger partial charge in [0.1, 0.15) is 5.78 Å².